The van der Waals surface area contributed by atoms with Crippen molar-refractivity contribution in [2.24, 2.45) is 0 Å². The monoisotopic (exact) mass is 316 g/mol. The lowest BCUT2D eigenvalue weighted by atomic mass is 10.2. The Morgan fingerprint density at radius 2 is 1.68 bits per heavy atom. The molecule has 0 atom stereocenters. The number of benzene rings is 1. The fourth-order valence-electron chi connectivity index (χ4n) is 1.48. The first-order valence-corrected chi connectivity index (χ1v) is 6.68. The summed E-state index contributed by atoms with van der Waals surface area (Å²) < 4.78 is 62.9. The molecule has 0 radical (unpaired) electrons. The quantitative estimate of drug-likeness (QED) is 0.885. The molecule has 2 N–H and O–H groups in total. The summed E-state index contributed by atoms with van der Waals surface area (Å²) in [7, 11) is -3.74. The molecule has 1 aliphatic heterocycles. The van der Waals surface area contributed by atoms with Gasteiger partial charge in [0, 0.05) is 19.1 Å². The highest BCUT2D eigenvalue weighted by atomic mass is 35.5. The third kappa shape index (κ3) is 3.82. The minimum absolute atomic E-state index is 0. The van der Waals surface area contributed by atoms with E-state index in [2.05, 4.69) is 10.0 Å². The summed E-state index contributed by atoms with van der Waals surface area (Å²) in [6, 6.07) is 3.23. The van der Waals surface area contributed by atoms with Gasteiger partial charge >= 0.3 is 6.18 Å². The average molecular weight is 317 g/mol. The summed E-state index contributed by atoms with van der Waals surface area (Å²) in [5.74, 6) is 0. The molecule has 2 rings (SSSR count). The maximum Gasteiger partial charge on any atom is 0.416 e. The Morgan fingerprint density at radius 1 is 1.16 bits per heavy atom. The van der Waals surface area contributed by atoms with Gasteiger partial charge in [0.1, 0.15) is 0 Å². The van der Waals surface area contributed by atoms with Crippen molar-refractivity contribution in [1.82, 2.24) is 10.0 Å². The molecule has 1 heterocycles. The molecular weight excluding hydrogens is 305 g/mol. The largest absolute Gasteiger partial charge is 0.416 e. The van der Waals surface area contributed by atoms with Crippen LogP contribution in [0.25, 0.3) is 0 Å². The van der Waals surface area contributed by atoms with E-state index in [0.717, 1.165) is 24.3 Å². The molecule has 0 spiro atoms. The van der Waals surface area contributed by atoms with Gasteiger partial charge in [-0.25, -0.2) is 13.1 Å². The Labute approximate surface area is 114 Å². The molecule has 1 aromatic rings. The van der Waals surface area contributed by atoms with Crippen molar-refractivity contribution in [3.8, 4) is 0 Å². The zero-order valence-corrected chi connectivity index (χ0v) is 11.2. The second kappa shape index (κ2) is 5.66. The number of nitrogens with one attached hydrogen (secondary N) is 2. The van der Waals surface area contributed by atoms with Crippen LogP contribution >= 0.6 is 12.4 Å². The maximum absolute atomic E-state index is 12.3. The zero-order chi connectivity index (χ0) is 13.4. The first-order chi connectivity index (χ1) is 8.29. The predicted molar refractivity (Wildman–Crippen MR) is 65.7 cm³/mol. The zero-order valence-electron chi connectivity index (χ0n) is 9.57. The summed E-state index contributed by atoms with van der Waals surface area (Å²) >= 11 is 0. The molecule has 108 valence electrons. The van der Waals surface area contributed by atoms with Gasteiger partial charge in [0.15, 0.2) is 0 Å². The Hall–Kier alpha value is -0.830. The van der Waals surface area contributed by atoms with Crippen LogP contribution < -0.4 is 10.0 Å². The molecule has 1 aromatic carbocycles. The number of hydrogen-bond donors (Lipinski definition) is 2. The highest BCUT2D eigenvalue weighted by Crippen LogP contribution is 2.29. The lowest BCUT2D eigenvalue weighted by Crippen LogP contribution is -2.56. The summed E-state index contributed by atoms with van der Waals surface area (Å²) in [5, 5.41) is 2.89. The molecular formula is C10H12ClF3N2O2S. The summed E-state index contributed by atoms with van der Waals surface area (Å²) in [4.78, 5) is -0.164. The van der Waals surface area contributed by atoms with Crippen LogP contribution in [0, 0.1) is 0 Å². The number of halogens is 4. The van der Waals surface area contributed by atoms with Crippen LogP contribution in [0.1, 0.15) is 5.56 Å². The standard InChI is InChI=1S/C10H11F3N2O2S.ClH/c11-10(12,13)7-1-3-9(4-2-7)18(16,17)15-8-5-14-6-8;/h1-4,8,14-15H,5-6H2;1H. The van der Waals surface area contributed by atoms with E-state index >= 15 is 0 Å². The number of hydrogen-bond acceptors (Lipinski definition) is 3. The molecule has 4 nitrogen and oxygen atoms in total. The minimum Gasteiger partial charge on any atom is -0.313 e. The smallest absolute Gasteiger partial charge is 0.313 e. The Kier molecular flexibility index (Phi) is 4.83. The van der Waals surface area contributed by atoms with E-state index in [1.165, 1.54) is 0 Å². The maximum atomic E-state index is 12.3. The highest BCUT2D eigenvalue weighted by Gasteiger charge is 2.31. The van der Waals surface area contributed by atoms with Crippen molar-refractivity contribution >= 4 is 22.4 Å². The highest BCUT2D eigenvalue weighted by molar-refractivity contribution is 7.89. The molecule has 0 bridgehead atoms. The first kappa shape index (κ1) is 16.2. The normalized spacial score (nSPS) is 16.6. The van der Waals surface area contributed by atoms with Crippen LogP contribution in [0.4, 0.5) is 13.2 Å². The molecule has 0 aliphatic carbocycles. The summed E-state index contributed by atoms with van der Waals surface area (Å²) in [5.41, 5.74) is -0.869. The van der Waals surface area contributed by atoms with Gasteiger partial charge in [-0.05, 0) is 24.3 Å². The lowest BCUT2D eigenvalue weighted by molar-refractivity contribution is -0.137. The first-order valence-electron chi connectivity index (χ1n) is 5.19. The molecule has 19 heavy (non-hydrogen) atoms. The van der Waals surface area contributed by atoms with E-state index < -0.39 is 21.8 Å². The Bertz CT molecular complexity index is 527. The Morgan fingerprint density at radius 3 is 2.05 bits per heavy atom. The molecule has 1 aliphatic rings. The van der Waals surface area contributed by atoms with Gasteiger partial charge in [-0.2, -0.15) is 13.2 Å². The van der Waals surface area contributed by atoms with Crippen molar-refractivity contribution in [3.63, 3.8) is 0 Å². The van der Waals surface area contributed by atoms with Gasteiger partial charge < -0.3 is 5.32 Å². The third-order valence-electron chi connectivity index (χ3n) is 2.60. The van der Waals surface area contributed by atoms with E-state index in [1.807, 2.05) is 0 Å². The second-order valence-electron chi connectivity index (χ2n) is 4.00. The fraction of sp³-hybridized carbons (Fsp3) is 0.400. The van der Waals surface area contributed by atoms with Crippen molar-refractivity contribution in [1.29, 1.82) is 0 Å². The van der Waals surface area contributed by atoms with Crippen molar-refractivity contribution < 1.29 is 21.6 Å². The van der Waals surface area contributed by atoms with E-state index in [-0.39, 0.29) is 23.3 Å². The molecule has 0 unspecified atom stereocenters. The van der Waals surface area contributed by atoms with Crippen molar-refractivity contribution in [2.45, 2.75) is 17.1 Å². The van der Waals surface area contributed by atoms with Gasteiger partial charge in [-0.15, -0.1) is 12.4 Å². The summed E-state index contributed by atoms with van der Waals surface area (Å²) in [6.07, 6.45) is -4.46. The minimum atomic E-state index is -4.46. The van der Waals surface area contributed by atoms with E-state index in [0.29, 0.717) is 13.1 Å². The van der Waals surface area contributed by atoms with E-state index in [9.17, 15) is 21.6 Å². The van der Waals surface area contributed by atoms with Crippen LogP contribution in [0.15, 0.2) is 29.2 Å². The molecule has 0 amide bonds. The van der Waals surface area contributed by atoms with Crippen LogP contribution in [0.2, 0.25) is 0 Å². The van der Waals surface area contributed by atoms with Gasteiger partial charge in [0.2, 0.25) is 10.0 Å². The van der Waals surface area contributed by atoms with Gasteiger partial charge in [-0.1, -0.05) is 0 Å². The van der Waals surface area contributed by atoms with Crippen LogP contribution in [0.3, 0.4) is 0 Å². The number of alkyl halides is 3. The second-order valence-corrected chi connectivity index (χ2v) is 5.71. The van der Waals surface area contributed by atoms with Crippen molar-refractivity contribution in [3.05, 3.63) is 29.8 Å². The summed E-state index contributed by atoms with van der Waals surface area (Å²) in [6.45, 7) is 1.06. The fourth-order valence-corrected chi connectivity index (χ4v) is 2.72. The Balaban J connectivity index is 0.00000180. The number of sulfonamides is 1. The van der Waals surface area contributed by atoms with Gasteiger partial charge in [0.25, 0.3) is 0 Å². The average Bonchev–Trinajstić information content (AvgIpc) is 2.23. The third-order valence-corrected chi connectivity index (χ3v) is 4.13. The van der Waals surface area contributed by atoms with Gasteiger partial charge in [0.05, 0.1) is 10.5 Å². The number of rotatable bonds is 3. The van der Waals surface area contributed by atoms with Gasteiger partial charge in [-0.3, -0.25) is 0 Å². The van der Waals surface area contributed by atoms with E-state index in [4.69, 9.17) is 0 Å². The van der Waals surface area contributed by atoms with Crippen LogP contribution in [0.5, 0.6) is 0 Å². The molecule has 1 fully saturated rings. The topological polar surface area (TPSA) is 58.2 Å². The SMILES string of the molecule is Cl.O=S(=O)(NC1CNC1)c1ccc(C(F)(F)F)cc1. The van der Waals surface area contributed by atoms with E-state index in [1.54, 1.807) is 0 Å². The predicted octanol–water partition coefficient (Wildman–Crippen LogP) is 1.38. The van der Waals surface area contributed by atoms with Crippen molar-refractivity contribution in [2.75, 3.05) is 13.1 Å². The lowest BCUT2D eigenvalue weighted by Gasteiger charge is -2.27. The molecule has 9 heteroatoms. The molecule has 0 aromatic heterocycles. The molecule has 1 saturated heterocycles. The van der Waals surface area contributed by atoms with Crippen LogP contribution in [-0.4, -0.2) is 27.5 Å². The van der Waals surface area contributed by atoms with Crippen LogP contribution in [-0.2, 0) is 16.2 Å². The molecule has 0 saturated carbocycles.